The highest BCUT2D eigenvalue weighted by Gasteiger charge is 2.30. The van der Waals surface area contributed by atoms with Crippen molar-refractivity contribution in [1.29, 1.82) is 0 Å². The third kappa shape index (κ3) is 8.65. The Bertz CT molecular complexity index is 1230. The van der Waals surface area contributed by atoms with Crippen LogP contribution in [0.15, 0.2) is 49.3 Å². The first-order chi connectivity index (χ1) is 18.7. The Labute approximate surface area is 222 Å². The number of carboxylic acids is 1. The molecule has 39 heavy (non-hydrogen) atoms. The Morgan fingerprint density at radius 2 is 1.33 bits per heavy atom. The molecule has 2 heterocycles. The number of H-pyrrole nitrogens is 2. The fraction of sp³-hybridized carbons (Fsp3) is 0.333. The average Bonchev–Trinajstić information content (AvgIpc) is 3.62. The number of nitrogens with two attached hydrogens (primary N) is 1. The number of aromatic hydroxyl groups is 1. The summed E-state index contributed by atoms with van der Waals surface area (Å²) in [5.41, 5.74) is 7.50. The number of phenolic OH excluding ortho intramolecular Hbond substituents is 1. The molecule has 0 radical (unpaired) electrons. The van der Waals surface area contributed by atoms with E-state index in [4.69, 9.17) is 5.73 Å². The minimum atomic E-state index is -1.44. The molecule has 3 aromatic rings. The summed E-state index contributed by atoms with van der Waals surface area (Å²) in [6, 6.07) is 0.701. The van der Waals surface area contributed by atoms with Crippen molar-refractivity contribution in [1.82, 2.24) is 35.9 Å². The lowest BCUT2D eigenvalue weighted by Crippen LogP contribution is -2.58. The Morgan fingerprint density at radius 3 is 1.87 bits per heavy atom. The maximum atomic E-state index is 13.1. The first kappa shape index (κ1) is 28.8. The number of carbonyl (C=O) groups is 4. The van der Waals surface area contributed by atoms with Crippen molar-refractivity contribution in [2.75, 3.05) is 6.61 Å². The van der Waals surface area contributed by atoms with E-state index in [1.807, 2.05) is 0 Å². The number of aliphatic carboxylic acids is 1. The van der Waals surface area contributed by atoms with E-state index in [0.717, 1.165) is 0 Å². The summed E-state index contributed by atoms with van der Waals surface area (Å²) in [5, 5.41) is 36.1. The zero-order chi connectivity index (χ0) is 28.4. The molecule has 15 nitrogen and oxygen atoms in total. The number of hydrogen-bond acceptors (Lipinski definition) is 9. The van der Waals surface area contributed by atoms with Crippen LogP contribution in [-0.4, -0.2) is 89.7 Å². The van der Waals surface area contributed by atoms with Crippen LogP contribution in [0.1, 0.15) is 17.0 Å². The molecule has 10 N–H and O–H groups in total. The van der Waals surface area contributed by atoms with Crippen LogP contribution in [0.3, 0.4) is 0 Å². The molecule has 3 amide bonds. The normalized spacial score (nSPS) is 14.0. The van der Waals surface area contributed by atoms with Crippen LogP contribution >= 0.6 is 0 Å². The van der Waals surface area contributed by atoms with Gasteiger partial charge in [-0.05, 0) is 17.7 Å². The fourth-order valence-electron chi connectivity index (χ4n) is 3.64. The van der Waals surface area contributed by atoms with Crippen LogP contribution in [0.25, 0.3) is 0 Å². The SMILES string of the molecule is NC(Cc1cnc[nH]1)C(=O)NC(CO)C(=O)NC(Cc1cnc[nH]1)C(=O)NC(Cc1ccc(O)cc1)C(=O)O. The number of amides is 3. The van der Waals surface area contributed by atoms with Crippen molar-refractivity contribution < 1.29 is 34.5 Å². The Balaban J connectivity index is 1.68. The minimum Gasteiger partial charge on any atom is -0.508 e. The monoisotopic (exact) mass is 542 g/mol. The number of aliphatic hydroxyl groups is 1. The number of benzene rings is 1. The smallest absolute Gasteiger partial charge is 0.326 e. The Kier molecular flexibility index (Phi) is 10.1. The number of imidazole rings is 2. The lowest BCUT2D eigenvalue weighted by atomic mass is 10.0. The van der Waals surface area contributed by atoms with E-state index in [-0.39, 0.29) is 25.0 Å². The van der Waals surface area contributed by atoms with Gasteiger partial charge in [-0.3, -0.25) is 14.4 Å². The van der Waals surface area contributed by atoms with Gasteiger partial charge >= 0.3 is 5.97 Å². The molecule has 0 aliphatic heterocycles. The van der Waals surface area contributed by atoms with E-state index in [9.17, 15) is 34.5 Å². The summed E-state index contributed by atoms with van der Waals surface area (Å²) >= 11 is 0. The van der Waals surface area contributed by atoms with Gasteiger partial charge in [0.05, 0.1) is 25.3 Å². The van der Waals surface area contributed by atoms with Crippen molar-refractivity contribution in [2.45, 2.75) is 43.4 Å². The van der Waals surface area contributed by atoms with E-state index >= 15 is 0 Å². The summed E-state index contributed by atoms with van der Waals surface area (Å²) in [5.74, 6) is -3.72. The number of nitrogens with zero attached hydrogens (tertiary/aromatic N) is 2. The molecule has 0 aliphatic carbocycles. The van der Waals surface area contributed by atoms with Gasteiger partial charge in [0.1, 0.15) is 23.9 Å². The van der Waals surface area contributed by atoms with Gasteiger partial charge in [-0.1, -0.05) is 12.1 Å². The summed E-state index contributed by atoms with van der Waals surface area (Å²) in [6.07, 6.45) is 5.65. The van der Waals surface area contributed by atoms with Crippen molar-refractivity contribution in [3.63, 3.8) is 0 Å². The zero-order valence-electron chi connectivity index (χ0n) is 20.7. The quantitative estimate of drug-likeness (QED) is 0.106. The van der Waals surface area contributed by atoms with Gasteiger partial charge in [-0.15, -0.1) is 0 Å². The number of phenols is 1. The fourth-order valence-corrected chi connectivity index (χ4v) is 3.64. The third-order valence-corrected chi connectivity index (χ3v) is 5.75. The van der Waals surface area contributed by atoms with Crippen molar-refractivity contribution in [3.8, 4) is 5.75 Å². The molecule has 4 atom stereocenters. The first-order valence-corrected chi connectivity index (χ1v) is 11.9. The highest BCUT2D eigenvalue weighted by atomic mass is 16.4. The van der Waals surface area contributed by atoms with Crippen LogP contribution in [0.2, 0.25) is 0 Å². The van der Waals surface area contributed by atoms with Gasteiger partial charge in [-0.2, -0.15) is 0 Å². The molecule has 15 heteroatoms. The highest BCUT2D eigenvalue weighted by Crippen LogP contribution is 2.12. The molecule has 0 fully saturated rings. The molecule has 4 unspecified atom stereocenters. The minimum absolute atomic E-state index is 0.00443. The molecule has 3 rings (SSSR count). The van der Waals surface area contributed by atoms with Crippen molar-refractivity contribution in [3.05, 3.63) is 66.3 Å². The van der Waals surface area contributed by atoms with Crippen molar-refractivity contribution >= 4 is 23.7 Å². The average molecular weight is 543 g/mol. The van der Waals surface area contributed by atoms with E-state index in [2.05, 4.69) is 35.9 Å². The second-order valence-corrected chi connectivity index (χ2v) is 8.74. The topological polar surface area (TPSA) is 248 Å². The number of aliphatic hydroxyl groups excluding tert-OH is 1. The number of aromatic nitrogens is 4. The number of rotatable bonds is 14. The van der Waals surface area contributed by atoms with Crippen molar-refractivity contribution in [2.24, 2.45) is 5.73 Å². The molecule has 0 saturated carbocycles. The summed E-state index contributed by atoms with van der Waals surface area (Å²) in [7, 11) is 0. The number of nitrogens with one attached hydrogen (secondary N) is 5. The van der Waals surface area contributed by atoms with Crippen LogP contribution in [0, 0.1) is 0 Å². The molecule has 0 spiro atoms. The van der Waals surface area contributed by atoms with E-state index in [1.165, 1.54) is 49.3 Å². The molecule has 0 bridgehead atoms. The van der Waals surface area contributed by atoms with E-state index in [0.29, 0.717) is 17.0 Å². The lowest BCUT2D eigenvalue weighted by molar-refractivity contribution is -0.142. The van der Waals surface area contributed by atoms with Crippen LogP contribution in [0.5, 0.6) is 5.75 Å². The summed E-state index contributed by atoms with van der Waals surface area (Å²) in [4.78, 5) is 63.8. The van der Waals surface area contributed by atoms with Crippen LogP contribution in [-0.2, 0) is 38.4 Å². The van der Waals surface area contributed by atoms with Crippen LogP contribution < -0.4 is 21.7 Å². The molecular formula is C24H30N8O7. The van der Waals surface area contributed by atoms with Crippen LogP contribution in [0.4, 0.5) is 0 Å². The molecule has 2 aromatic heterocycles. The lowest BCUT2D eigenvalue weighted by Gasteiger charge is -2.24. The van der Waals surface area contributed by atoms with Gasteiger partial charge < -0.3 is 47.0 Å². The van der Waals surface area contributed by atoms with Gasteiger partial charge in [0.25, 0.3) is 0 Å². The van der Waals surface area contributed by atoms with Gasteiger partial charge in [-0.25, -0.2) is 14.8 Å². The molecule has 0 aliphatic rings. The molecular weight excluding hydrogens is 512 g/mol. The molecule has 208 valence electrons. The predicted octanol–water partition coefficient (Wildman–Crippen LogP) is -2.28. The van der Waals surface area contributed by atoms with Gasteiger partial charge in [0, 0.05) is 43.0 Å². The first-order valence-electron chi connectivity index (χ1n) is 11.9. The maximum Gasteiger partial charge on any atom is 0.326 e. The summed E-state index contributed by atoms with van der Waals surface area (Å²) in [6.45, 7) is -0.786. The highest BCUT2D eigenvalue weighted by molar-refractivity contribution is 5.94. The Hall–Kier alpha value is -4.76. The predicted molar refractivity (Wildman–Crippen MR) is 135 cm³/mol. The number of carboxylic acid groups (broad SMARTS) is 1. The largest absolute Gasteiger partial charge is 0.508 e. The van der Waals surface area contributed by atoms with E-state index < -0.39 is 54.5 Å². The maximum absolute atomic E-state index is 13.1. The second kappa shape index (κ2) is 13.7. The second-order valence-electron chi connectivity index (χ2n) is 8.74. The number of carbonyl (C=O) groups excluding carboxylic acids is 3. The third-order valence-electron chi connectivity index (χ3n) is 5.75. The van der Waals surface area contributed by atoms with Gasteiger partial charge in [0.2, 0.25) is 17.7 Å². The number of aromatic amines is 2. The summed E-state index contributed by atoms with van der Waals surface area (Å²) < 4.78 is 0. The van der Waals surface area contributed by atoms with E-state index in [1.54, 1.807) is 0 Å². The zero-order valence-corrected chi connectivity index (χ0v) is 20.7. The molecule has 1 aromatic carbocycles. The number of hydrogen-bond donors (Lipinski definition) is 9. The van der Waals surface area contributed by atoms with Gasteiger partial charge in [0.15, 0.2) is 0 Å². The standard InChI is InChI=1S/C24H30N8O7/c25-17(6-14-8-26-11-28-14)21(35)32-20(10-33)23(37)30-18(7-15-9-27-12-29-15)22(36)31-19(24(38)39)5-13-1-3-16(34)4-2-13/h1-4,8-9,11-12,17-20,33-34H,5-7,10,25H2,(H,26,28)(H,27,29)(H,30,37)(H,31,36)(H,32,35)(H,38,39). The Morgan fingerprint density at radius 1 is 0.795 bits per heavy atom. The molecule has 0 saturated heterocycles.